The van der Waals surface area contributed by atoms with Crippen molar-refractivity contribution in [1.29, 1.82) is 0 Å². The summed E-state index contributed by atoms with van der Waals surface area (Å²) in [6, 6.07) is 16.8. The van der Waals surface area contributed by atoms with Crippen LogP contribution in [0, 0.1) is 0 Å². The Morgan fingerprint density at radius 3 is 1.28 bits per heavy atom. The molecule has 0 aromatic heterocycles. The molecule has 2 aromatic rings. The lowest BCUT2D eigenvalue weighted by Crippen LogP contribution is -2.45. The van der Waals surface area contributed by atoms with E-state index >= 15 is 0 Å². The number of morpholine rings is 2. The molecule has 0 aliphatic carbocycles. The van der Waals surface area contributed by atoms with E-state index in [4.69, 9.17) is 21.7 Å². The number of benzene rings is 2. The maximum Gasteiger partial charge on any atom is 0.175 e. The number of ether oxygens (including phenoxy) is 2. The molecule has 0 unspecified atom stereocenters. The SMILES string of the molecule is C[C@@H]1CN(c2ccc(NC(=S)Nc3ccc(N4C[C@H](C)O[C@@H](C)C4)cc3)cc2)C[C@@H](C)O1. The minimum absolute atomic E-state index is 0.245. The van der Waals surface area contributed by atoms with E-state index < -0.39 is 0 Å². The van der Waals surface area contributed by atoms with Gasteiger partial charge in [-0.25, -0.2) is 0 Å². The van der Waals surface area contributed by atoms with E-state index in [2.05, 4.69) is 96.7 Å². The van der Waals surface area contributed by atoms with Gasteiger partial charge in [0.1, 0.15) is 0 Å². The Kier molecular flexibility index (Phi) is 7.18. The van der Waals surface area contributed by atoms with Gasteiger partial charge in [0.2, 0.25) is 0 Å². The van der Waals surface area contributed by atoms with Crippen molar-refractivity contribution in [3.8, 4) is 0 Å². The lowest BCUT2D eigenvalue weighted by molar-refractivity contribution is -0.00548. The van der Waals surface area contributed by atoms with Crippen LogP contribution in [0.15, 0.2) is 48.5 Å². The molecule has 32 heavy (non-hydrogen) atoms. The monoisotopic (exact) mass is 454 g/mol. The summed E-state index contributed by atoms with van der Waals surface area (Å²) in [5.74, 6) is 0. The fourth-order valence-electron chi connectivity index (χ4n) is 4.58. The highest BCUT2D eigenvalue weighted by Crippen LogP contribution is 2.24. The fourth-order valence-corrected chi connectivity index (χ4v) is 4.82. The second kappa shape index (κ2) is 10.1. The summed E-state index contributed by atoms with van der Waals surface area (Å²) in [6.45, 7) is 12.1. The van der Waals surface area contributed by atoms with Gasteiger partial charge in [0.15, 0.2) is 5.11 Å². The zero-order valence-corrected chi connectivity index (χ0v) is 20.2. The highest BCUT2D eigenvalue weighted by Gasteiger charge is 2.23. The van der Waals surface area contributed by atoms with Gasteiger partial charge in [-0.2, -0.15) is 0 Å². The van der Waals surface area contributed by atoms with Crippen molar-refractivity contribution in [2.45, 2.75) is 52.1 Å². The van der Waals surface area contributed by atoms with Crippen LogP contribution in [0.4, 0.5) is 22.7 Å². The number of nitrogens with one attached hydrogen (secondary N) is 2. The van der Waals surface area contributed by atoms with Gasteiger partial charge in [-0.1, -0.05) is 0 Å². The summed E-state index contributed by atoms with van der Waals surface area (Å²) in [6.07, 6.45) is 0.981. The van der Waals surface area contributed by atoms with Gasteiger partial charge in [-0.15, -0.1) is 0 Å². The molecule has 4 atom stereocenters. The van der Waals surface area contributed by atoms with Gasteiger partial charge in [-0.3, -0.25) is 0 Å². The molecule has 7 heteroatoms. The predicted molar refractivity (Wildman–Crippen MR) is 137 cm³/mol. The summed E-state index contributed by atoms with van der Waals surface area (Å²) < 4.78 is 11.7. The first-order chi connectivity index (χ1) is 15.4. The van der Waals surface area contributed by atoms with Crippen LogP contribution in [-0.4, -0.2) is 55.7 Å². The van der Waals surface area contributed by atoms with Crippen LogP contribution in [0.3, 0.4) is 0 Å². The third-order valence-electron chi connectivity index (χ3n) is 5.82. The average Bonchev–Trinajstić information content (AvgIpc) is 2.73. The predicted octanol–water partition coefficient (Wildman–Crippen LogP) is 4.72. The quantitative estimate of drug-likeness (QED) is 0.648. The van der Waals surface area contributed by atoms with E-state index in [1.807, 2.05) is 0 Å². The van der Waals surface area contributed by atoms with Crippen molar-refractivity contribution >= 4 is 40.1 Å². The molecule has 172 valence electrons. The fraction of sp³-hybridized carbons (Fsp3) is 0.480. The van der Waals surface area contributed by atoms with Gasteiger partial charge in [0.05, 0.1) is 24.4 Å². The topological polar surface area (TPSA) is 49.0 Å². The minimum atomic E-state index is 0.245. The zero-order valence-electron chi connectivity index (χ0n) is 19.4. The number of hydrogen-bond acceptors (Lipinski definition) is 5. The van der Waals surface area contributed by atoms with E-state index in [-0.39, 0.29) is 24.4 Å². The molecule has 2 fully saturated rings. The van der Waals surface area contributed by atoms with Crippen molar-refractivity contribution in [3.63, 3.8) is 0 Å². The highest BCUT2D eigenvalue weighted by molar-refractivity contribution is 7.80. The molecule has 4 rings (SSSR count). The van der Waals surface area contributed by atoms with Crippen LogP contribution >= 0.6 is 12.2 Å². The molecule has 0 radical (unpaired) electrons. The smallest absolute Gasteiger partial charge is 0.175 e. The first-order valence-corrected chi connectivity index (χ1v) is 11.9. The molecule has 2 aromatic carbocycles. The second-order valence-corrected chi connectivity index (χ2v) is 9.41. The molecule has 0 saturated carbocycles. The van der Waals surface area contributed by atoms with Gasteiger partial charge in [-0.05, 0) is 88.4 Å². The van der Waals surface area contributed by atoms with E-state index in [0.29, 0.717) is 5.11 Å². The highest BCUT2D eigenvalue weighted by atomic mass is 32.1. The van der Waals surface area contributed by atoms with Crippen LogP contribution in [-0.2, 0) is 9.47 Å². The van der Waals surface area contributed by atoms with Crippen LogP contribution < -0.4 is 20.4 Å². The third-order valence-corrected chi connectivity index (χ3v) is 6.02. The number of nitrogens with zero attached hydrogens (tertiary/aromatic N) is 2. The van der Waals surface area contributed by atoms with Crippen LogP contribution in [0.5, 0.6) is 0 Å². The van der Waals surface area contributed by atoms with Crippen molar-refractivity contribution < 1.29 is 9.47 Å². The second-order valence-electron chi connectivity index (χ2n) is 9.00. The molecular formula is C25H34N4O2S. The standard InChI is InChI=1S/C25H34N4O2S/c1-17-13-28(14-18(2)30-17)23-9-5-21(6-10-23)26-25(32)27-22-7-11-24(12-8-22)29-15-19(3)31-20(4)16-29/h5-12,17-20H,13-16H2,1-4H3,(H2,26,27,32)/t17-,18-,19+,20+. The maximum absolute atomic E-state index is 5.83. The van der Waals surface area contributed by atoms with Gasteiger partial charge in [0.25, 0.3) is 0 Å². The van der Waals surface area contributed by atoms with E-state index in [1.165, 1.54) is 11.4 Å². The molecule has 2 heterocycles. The Hall–Kier alpha value is -2.35. The van der Waals surface area contributed by atoms with E-state index in [0.717, 1.165) is 37.6 Å². The summed E-state index contributed by atoms with van der Waals surface area (Å²) in [4.78, 5) is 4.74. The summed E-state index contributed by atoms with van der Waals surface area (Å²) in [7, 11) is 0. The minimum Gasteiger partial charge on any atom is -0.372 e. The summed E-state index contributed by atoms with van der Waals surface area (Å²) in [5, 5.41) is 7.13. The Bertz CT molecular complexity index is 812. The molecule has 2 aliphatic heterocycles. The zero-order chi connectivity index (χ0) is 22.7. The molecule has 0 bridgehead atoms. The van der Waals surface area contributed by atoms with Gasteiger partial charge >= 0.3 is 0 Å². The molecule has 2 saturated heterocycles. The maximum atomic E-state index is 5.83. The summed E-state index contributed by atoms with van der Waals surface area (Å²) >= 11 is 5.52. The molecule has 0 amide bonds. The van der Waals surface area contributed by atoms with E-state index in [1.54, 1.807) is 0 Å². The van der Waals surface area contributed by atoms with Gasteiger partial charge < -0.3 is 29.9 Å². The van der Waals surface area contributed by atoms with Crippen LogP contribution in [0.25, 0.3) is 0 Å². The normalized spacial score (nSPS) is 26.0. The first-order valence-electron chi connectivity index (χ1n) is 11.4. The average molecular weight is 455 g/mol. The lowest BCUT2D eigenvalue weighted by atomic mass is 10.2. The number of anilines is 4. The van der Waals surface area contributed by atoms with Crippen LogP contribution in [0.1, 0.15) is 27.7 Å². The Balaban J connectivity index is 1.31. The first kappa shape index (κ1) is 22.8. The summed E-state index contributed by atoms with van der Waals surface area (Å²) in [5.41, 5.74) is 4.35. The Morgan fingerprint density at radius 2 is 0.969 bits per heavy atom. The molecule has 6 nitrogen and oxygen atoms in total. The Morgan fingerprint density at radius 1 is 0.656 bits per heavy atom. The van der Waals surface area contributed by atoms with Crippen molar-refractivity contribution in [2.24, 2.45) is 0 Å². The lowest BCUT2D eigenvalue weighted by Gasteiger charge is -2.37. The van der Waals surface area contributed by atoms with Crippen LogP contribution in [0.2, 0.25) is 0 Å². The van der Waals surface area contributed by atoms with Crippen molar-refractivity contribution in [2.75, 3.05) is 46.6 Å². The number of thiocarbonyl (C=S) groups is 1. The van der Waals surface area contributed by atoms with Crippen molar-refractivity contribution in [3.05, 3.63) is 48.5 Å². The van der Waals surface area contributed by atoms with E-state index in [9.17, 15) is 0 Å². The molecular weight excluding hydrogens is 420 g/mol. The molecule has 2 N–H and O–H groups in total. The van der Waals surface area contributed by atoms with Gasteiger partial charge in [0, 0.05) is 48.9 Å². The third kappa shape index (κ3) is 5.91. The number of rotatable bonds is 4. The molecule has 2 aliphatic rings. The Labute approximate surface area is 196 Å². The van der Waals surface area contributed by atoms with Crippen molar-refractivity contribution in [1.82, 2.24) is 0 Å². The number of hydrogen-bond donors (Lipinski definition) is 2. The largest absolute Gasteiger partial charge is 0.372 e. The molecule has 0 spiro atoms.